The van der Waals surface area contributed by atoms with E-state index in [-0.39, 0.29) is 0 Å². The molecule has 0 aliphatic carbocycles. The van der Waals surface area contributed by atoms with Gasteiger partial charge in [-0.05, 0) is 45.3 Å². The van der Waals surface area contributed by atoms with Crippen LogP contribution < -0.4 is 5.32 Å². The van der Waals surface area contributed by atoms with Gasteiger partial charge in [0, 0.05) is 12.1 Å². The molecule has 1 unspecified atom stereocenters. The Bertz CT molecular complexity index is 182. The lowest BCUT2D eigenvalue weighted by molar-refractivity contribution is 0.139. The summed E-state index contributed by atoms with van der Waals surface area (Å²) in [7, 11) is 2.25. The van der Waals surface area contributed by atoms with Crippen molar-refractivity contribution in [1.29, 1.82) is 0 Å². The first-order chi connectivity index (χ1) is 7.75. The molecule has 1 atom stereocenters. The Morgan fingerprint density at radius 2 is 1.59 bits per heavy atom. The highest BCUT2D eigenvalue weighted by atomic mass is 15.1. The van der Waals surface area contributed by atoms with Gasteiger partial charge in [-0.2, -0.15) is 0 Å². The molecular weight excluding hydrogens is 208 g/mol. The molecule has 17 heavy (non-hydrogen) atoms. The fraction of sp³-hybridized carbons (Fsp3) is 1.00. The average Bonchev–Trinajstić information content (AvgIpc) is 2.19. The van der Waals surface area contributed by atoms with Crippen LogP contribution in [0, 0.1) is 5.41 Å². The fourth-order valence-corrected chi connectivity index (χ4v) is 1.91. The largest absolute Gasteiger partial charge is 0.315 e. The molecule has 0 amide bonds. The van der Waals surface area contributed by atoms with Crippen molar-refractivity contribution in [2.24, 2.45) is 5.41 Å². The highest BCUT2D eigenvalue weighted by Gasteiger charge is 2.23. The molecule has 0 rings (SSSR count). The Kier molecular flexibility index (Phi) is 8.06. The maximum atomic E-state index is 3.47. The number of nitrogens with one attached hydrogen (secondary N) is 1. The van der Waals surface area contributed by atoms with E-state index in [1.807, 2.05) is 0 Å². The van der Waals surface area contributed by atoms with Crippen LogP contribution in [-0.4, -0.2) is 37.1 Å². The standard InChI is InChI=1S/C15H34N2/c1-13(2)16-11-9-8-10-12-17(7)14(3)15(4,5)6/h13-14,16H,8-12H2,1-7H3. The normalized spacial score (nSPS) is 14.6. The molecule has 0 aromatic heterocycles. The van der Waals surface area contributed by atoms with Gasteiger partial charge in [0.1, 0.15) is 0 Å². The third kappa shape index (κ3) is 8.62. The van der Waals surface area contributed by atoms with Crippen LogP contribution in [0.2, 0.25) is 0 Å². The van der Waals surface area contributed by atoms with Crippen LogP contribution in [0.15, 0.2) is 0 Å². The van der Waals surface area contributed by atoms with E-state index >= 15 is 0 Å². The Morgan fingerprint density at radius 3 is 2.06 bits per heavy atom. The predicted octanol–water partition coefficient (Wildman–Crippen LogP) is 3.52. The number of unbranched alkanes of at least 4 members (excludes halogenated alkanes) is 2. The van der Waals surface area contributed by atoms with Gasteiger partial charge in [0.2, 0.25) is 0 Å². The van der Waals surface area contributed by atoms with Gasteiger partial charge in [0.15, 0.2) is 0 Å². The van der Waals surface area contributed by atoms with Crippen LogP contribution in [0.5, 0.6) is 0 Å². The minimum atomic E-state index is 0.383. The smallest absolute Gasteiger partial charge is 0.0112 e. The molecule has 0 radical (unpaired) electrons. The summed E-state index contributed by atoms with van der Waals surface area (Å²) in [5.41, 5.74) is 0.383. The summed E-state index contributed by atoms with van der Waals surface area (Å²) in [6, 6.07) is 1.27. The quantitative estimate of drug-likeness (QED) is 0.655. The van der Waals surface area contributed by atoms with Crippen molar-refractivity contribution in [2.75, 3.05) is 20.1 Å². The summed E-state index contributed by atoms with van der Waals surface area (Å²) in [4.78, 5) is 2.50. The van der Waals surface area contributed by atoms with Gasteiger partial charge >= 0.3 is 0 Å². The minimum absolute atomic E-state index is 0.383. The third-order valence-electron chi connectivity index (χ3n) is 3.65. The first-order valence-electron chi connectivity index (χ1n) is 7.18. The number of nitrogens with zero attached hydrogens (tertiary/aromatic N) is 1. The summed E-state index contributed by atoms with van der Waals surface area (Å²) in [5.74, 6) is 0. The molecule has 2 heteroatoms. The number of rotatable bonds is 8. The second kappa shape index (κ2) is 8.10. The SMILES string of the molecule is CC(C)NCCCCCN(C)C(C)C(C)(C)C. The van der Waals surface area contributed by atoms with Crippen LogP contribution in [-0.2, 0) is 0 Å². The molecule has 0 bridgehead atoms. The molecule has 104 valence electrons. The van der Waals surface area contributed by atoms with Crippen LogP contribution in [0.4, 0.5) is 0 Å². The molecular formula is C15H34N2. The minimum Gasteiger partial charge on any atom is -0.315 e. The highest BCUT2D eigenvalue weighted by Crippen LogP contribution is 2.23. The van der Waals surface area contributed by atoms with Crippen molar-refractivity contribution in [1.82, 2.24) is 10.2 Å². The first kappa shape index (κ1) is 16.9. The van der Waals surface area contributed by atoms with Gasteiger partial charge in [0.05, 0.1) is 0 Å². The molecule has 0 saturated carbocycles. The van der Waals surface area contributed by atoms with Crippen LogP contribution in [0.25, 0.3) is 0 Å². The van der Waals surface area contributed by atoms with Gasteiger partial charge in [-0.3, -0.25) is 0 Å². The molecule has 0 spiro atoms. The van der Waals surface area contributed by atoms with Gasteiger partial charge in [-0.15, -0.1) is 0 Å². The average molecular weight is 242 g/mol. The monoisotopic (exact) mass is 242 g/mol. The second-order valence-electron chi connectivity index (χ2n) is 6.69. The van der Waals surface area contributed by atoms with Crippen molar-refractivity contribution in [3.63, 3.8) is 0 Å². The Balaban J connectivity index is 3.55. The van der Waals surface area contributed by atoms with Crippen molar-refractivity contribution < 1.29 is 0 Å². The Hall–Kier alpha value is -0.0800. The van der Waals surface area contributed by atoms with E-state index in [1.165, 1.54) is 25.8 Å². The van der Waals surface area contributed by atoms with E-state index in [0.29, 0.717) is 17.5 Å². The van der Waals surface area contributed by atoms with E-state index in [1.54, 1.807) is 0 Å². The zero-order valence-electron chi connectivity index (χ0n) is 13.1. The fourth-order valence-electron chi connectivity index (χ4n) is 1.91. The van der Waals surface area contributed by atoms with E-state index in [2.05, 4.69) is 58.8 Å². The Labute approximate surface area is 109 Å². The zero-order valence-corrected chi connectivity index (χ0v) is 13.1. The van der Waals surface area contributed by atoms with Crippen molar-refractivity contribution >= 4 is 0 Å². The summed E-state index contributed by atoms with van der Waals surface area (Å²) in [6.07, 6.45) is 3.95. The van der Waals surface area contributed by atoms with E-state index in [0.717, 1.165) is 6.54 Å². The van der Waals surface area contributed by atoms with E-state index < -0.39 is 0 Å². The van der Waals surface area contributed by atoms with Crippen LogP contribution in [0.3, 0.4) is 0 Å². The van der Waals surface area contributed by atoms with Crippen LogP contribution in [0.1, 0.15) is 60.8 Å². The molecule has 1 N–H and O–H groups in total. The van der Waals surface area contributed by atoms with Gasteiger partial charge in [-0.1, -0.05) is 41.0 Å². The molecule has 2 nitrogen and oxygen atoms in total. The zero-order chi connectivity index (χ0) is 13.5. The molecule has 0 aliphatic heterocycles. The van der Waals surface area contributed by atoms with Crippen molar-refractivity contribution in [2.45, 2.75) is 72.9 Å². The van der Waals surface area contributed by atoms with Gasteiger partial charge < -0.3 is 10.2 Å². The topological polar surface area (TPSA) is 15.3 Å². The summed E-state index contributed by atoms with van der Waals surface area (Å²) in [6.45, 7) is 16.1. The third-order valence-corrected chi connectivity index (χ3v) is 3.65. The molecule has 0 aromatic carbocycles. The first-order valence-corrected chi connectivity index (χ1v) is 7.18. The summed E-state index contributed by atoms with van der Waals surface area (Å²) < 4.78 is 0. The van der Waals surface area contributed by atoms with E-state index in [9.17, 15) is 0 Å². The van der Waals surface area contributed by atoms with Crippen LogP contribution >= 0.6 is 0 Å². The predicted molar refractivity (Wildman–Crippen MR) is 78.5 cm³/mol. The summed E-state index contributed by atoms with van der Waals surface area (Å²) >= 11 is 0. The number of hydrogen-bond donors (Lipinski definition) is 1. The van der Waals surface area contributed by atoms with Crippen molar-refractivity contribution in [3.05, 3.63) is 0 Å². The highest BCUT2D eigenvalue weighted by molar-refractivity contribution is 4.77. The lowest BCUT2D eigenvalue weighted by atomic mass is 9.87. The van der Waals surface area contributed by atoms with Crippen molar-refractivity contribution in [3.8, 4) is 0 Å². The molecule has 0 heterocycles. The van der Waals surface area contributed by atoms with Gasteiger partial charge in [0.25, 0.3) is 0 Å². The molecule has 0 aliphatic rings. The maximum absolute atomic E-state index is 3.47. The second-order valence-corrected chi connectivity index (χ2v) is 6.69. The Morgan fingerprint density at radius 1 is 1.00 bits per heavy atom. The molecule has 0 saturated heterocycles. The van der Waals surface area contributed by atoms with E-state index in [4.69, 9.17) is 0 Å². The lowest BCUT2D eigenvalue weighted by Crippen LogP contribution is -2.39. The van der Waals surface area contributed by atoms with Gasteiger partial charge in [-0.25, -0.2) is 0 Å². The maximum Gasteiger partial charge on any atom is 0.0112 e. The molecule has 0 fully saturated rings. The number of hydrogen-bond acceptors (Lipinski definition) is 2. The summed E-state index contributed by atoms with van der Waals surface area (Å²) in [5, 5.41) is 3.47. The lowest BCUT2D eigenvalue weighted by Gasteiger charge is -2.35. The molecule has 0 aromatic rings.